The molecule has 0 aromatic heterocycles. The normalized spacial score (nSPS) is 17.5. The van der Waals surface area contributed by atoms with Crippen molar-refractivity contribution < 1.29 is 16.4 Å². The Kier molecular flexibility index (Phi) is 11.0. The van der Waals surface area contributed by atoms with Crippen LogP contribution in [0, 0.1) is 55.4 Å². The Morgan fingerprint density at radius 3 is 1.16 bits per heavy atom. The van der Waals surface area contributed by atoms with Crippen LogP contribution in [-0.4, -0.2) is 0 Å². The van der Waals surface area contributed by atoms with E-state index in [1.807, 2.05) is 0 Å². The van der Waals surface area contributed by atoms with Crippen LogP contribution in [0.25, 0.3) is 34.4 Å². The van der Waals surface area contributed by atoms with Gasteiger partial charge >= 0.3 is 320 Å². The van der Waals surface area contributed by atoms with Gasteiger partial charge in [0.1, 0.15) is 0 Å². The van der Waals surface area contributed by atoms with Crippen LogP contribution in [0.1, 0.15) is 133 Å². The van der Waals surface area contributed by atoms with Crippen molar-refractivity contribution in [2.75, 3.05) is 0 Å². The van der Waals surface area contributed by atoms with Crippen molar-refractivity contribution in [2.45, 2.75) is 126 Å². The first-order chi connectivity index (χ1) is 24.1. The van der Waals surface area contributed by atoms with Crippen LogP contribution in [0.4, 0.5) is 0 Å². The first-order valence-corrected chi connectivity index (χ1v) is 30.5. The molecule has 0 aliphatic heterocycles. The van der Waals surface area contributed by atoms with E-state index in [4.69, 9.17) is 17.0 Å². The minimum absolute atomic E-state index is 0.0675. The second kappa shape index (κ2) is 14.6. The van der Waals surface area contributed by atoms with Crippen LogP contribution in [0.3, 0.4) is 0 Å². The van der Waals surface area contributed by atoms with Gasteiger partial charge in [0.15, 0.2) is 0 Å². The molecule has 0 amide bonds. The van der Waals surface area contributed by atoms with Gasteiger partial charge in [-0.1, -0.05) is 0 Å². The fourth-order valence-electron chi connectivity index (χ4n) is 10.2. The summed E-state index contributed by atoms with van der Waals surface area (Å²) in [6, 6.07) is 18.9. The van der Waals surface area contributed by atoms with Crippen molar-refractivity contribution >= 4 is 29.2 Å². The van der Waals surface area contributed by atoms with Crippen molar-refractivity contribution in [3.8, 4) is 22.3 Å². The van der Waals surface area contributed by atoms with E-state index in [1.54, 1.807) is 0 Å². The summed E-state index contributed by atoms with van der Waals surface area (Å²) in [6.07, 6.45) is 11.8. The molecular formula is C48H59Cl2Zr. The molecule has 0 N–H and O–H groups in total. The van der Waals surface area contributed by atoms with E-state index in [-0.39, 0.29) is 7.25 Å². The minimum atomic E-state index is -4.99. The molecule has 2 aliphatic carbocycles. The van der Waals surface area contributed by atoms with Gasteiger partial charge in [-0.3, -0.25) is 0 Å². The van der Waals surface area contributed by atoms with Crippen LogP contribution in [-0.2, 0) is 16.4 Å². The third kappa shape index (κ3) is 6.77. The molecule has 3 heteroatoms. The quantitative estimate of drug-likeness (QED) is 0.142. The maximum absolute atomic E-state index is 8.81. The Morgan fingerprint density at radius 1 is 0.490 bits per heavy atom. The number of rotatable bonds is 11. The second-order valence-electron chi connectivity index (χ2n) is 16.4. The molecule has 2 unspecified atom stereocenters. The van der Waals surface area contributed by atoms with Crippen molar-refractivity contribution in [1.29, 1.82) is 0 Å². The summed E-state index contributed by atoms with van der Waals surface area (Å²) in [5.74, 6) is 0. The Balaban J connectivity index is 1.67. The monoisotopic (exact) mass is 795 g/mol. The number of hydrogen-bond acceptors (Lipinski definition) is 0. The zero-order valence-electron chi connectivity index (χ0n) is 33.1. The predicted octanol–water partition coefficient (Wildman–Crippen LogP) is 15.9. The molecule has 6 rings (SSSR count). The number of fused-ring (bicyclic) bond motifs is 2. The number of hydrogen-bond donors (Lipinski definition) is 0. The standard InChI is InChI=1S/2C23H27.C2H5.2ClH.Zr/c2*1-6-7-8-19-13-21-17(4)12-18(5)23(22(21)14-19)20-10-15(2)9-16(3)11-20;1-2;;;/h2*9-14H,6-8H2,1-5H3;1H2,2H3;2*1H;/q;;;;;+2/p-2. The van der Waals surface area contributed by atoms with Gasteiger partial charge in [0.25, 0.3) is 0 Å². The molecule has 4 aromatic rings. The number of aryl methyl sites for hydroxylation is 8. The molecule has 4 aromatic carbocycles. The first kappa shape index (κ1) is 38.5. The second-order valence-corrected chi connectivity index (χ2v) is 39.3. The van der Waals surface area contributed by atoms with Crippen LogP contribution >= 0.6 is 17.0 Å². The van der Waals surface area contributed by atoms with E-state index < -0.39 is 16.4 Å². The van der Waals surface area contributed by atoms with Crippen LogP contribution in [0.2, 0.25) is 4.13 Å². The molecule has 0 saturated carbocycles. The van der Waals surface area contributed by atoms with Crippen molar-refractivity contribution in [1.82, 2.24) is 0 Å². The molecule has 51 heavy (non-hydrogen) atoms. The number of allylic oxidation sites excluding steroid dienone is 2. The molecule has 2 atom stereocenters. The summed E-state index contributed by atoms with van der Waals surface area (Å²) in [7, 11) is 17.6. The first-order valence-electron chi connectivity index (χ1n) is 19.6. The number of halogens is 2. The average molecular weight is 798 g/mol. The van der Waals surface area contributed by atoms with E-state index in [9.17, 15) is 0 Å². The number of benzene rings is 4. The summed E-state index contributed by atoms with van der Waals surface area (Å²) < 4.78 is 0.972. The Hall–Kier alpha value is -2.18. The van der Waals surface area contributed by atoms with Crippen molar-refractivity contribution in [2.24, 2.45) is 0 Å². The van der Waals surface area contributed by atoms with Crippen LogP contribution < -0.4 is 0 Å². The zero-order valence-corrected chi connectivity index (χ0v) is 37.1. The van der Waals surface area contributed by atoms with Crippen molar-refractivity contribution in [3.05, 3.63) is 126 Å². The van der Waals surface area contributed by atoms with Crippen LogP contribution in [0.15, 0.2) is 59.7 Å². The number of unbranched alkanes of at least 4 members (excludes halogenated alkanes) is 2. The summed E-state index contributed by atoms with van der Waals surface area (Å²) >= 11 is -4.99. The summed E-state index contributed by atoms with van der Waals surface area (Å²) in [5.41, 5.74) is 24.4. The molecule has 0 saturated heterocycles. The van der Waals surface area contributed by atoms with E-state index >= 15 is 0 Å². The third-order valence-electron chi connectivity index (χ3n) is 12.1. The molecule has 0 nitrogen and oxygen atoms in total. The van der Waals surface area contributed by atoms with Gasteiger partial charge in [0.05, 0.1) is 0 Å². The fraction of sp³-hybridized carbons (Fsp3) is 0.417. The molecule has 0 heterocycles. The van der Waals surface area contributed by atoms with E-state index in [0.717, 1.165) is 42.7 Å². The van der Waals surface area contributed by atoms with E-state index in [2.05, 4.69) is 137 Å². The van der Waals surface area contributed by atoms with Gasteiger partial charge < -0.3 is 0 Å². The SMILES string of the molecule is CCCCC1=Cc2c(-c3cc(C)cc(C)c3)c(C)cc(C)c2[CH]1[Zr]([Cl])([Cl])([CH2]C)[CH]1C(CCCC)=Cc2c(-c3cc(C)cc(C)c3)c(C)cc(C)c21. The van der Waals surface area contributed by atoms with E-state index in [1.165, 1.54) is 100 Å². The Bertz CT molecular complexity index is 1910. The molecule has 0 spiro atoms. The van der Waals surface area contributed by atoms with Gasteiger partial charge in [0.2, 0.25) is 0 Å². The summed E-state index contributed by atoms with van der Waals surface area (Å²) in [6.45, 7) is 25.0. The summed E-state index contributed by atoms with van der Waals surface area (Å²) in [5, 5.41) is 0. The average Bonchev–Trinajstić information content (AvgIpc) is 3.63. The van der Waals surface area contributed by atoms with E-state index in [0.29, 0.717) is 0 Å². The Labute approximate surface area is 318 Å². The van der Waals surface area contributed by atoms with Gasteiger partial charge in [-0.15, -0.1) is 0 Å². The van der Waals surface area contributed by atoms with Crippen LogP contribution in [0.5, 0.6) is 0 Å². The molecule has 0 radical (unpaired) electrons. The predicted molar refractivity (Wildman–Crippen MR) is 224 cm³/mol. The van der Waals surface area contributed by atoms with Gasteiger partial charge in [-0.25, -0.2) is 0 Å². The third-order valence-corrected chi connectivity index (χ3v) is 32.8. The fourth-order valence-corrected chi connectivity index (χ4v) is 28.5. The molecule has 0 fully saturated rings. The zero-order chi connectivity index (χ0) is 37.0. The molecule has 2 aliphatic rings. The molecule has 269 valence electrons. The van der Waals surface area contributed by atoms with Crippen molar-refractivity contribution in [3.63, 3.8) is 0 Å². The molecular weight excluding hydrogens is 739 g/mol. The molecule has 0 bridgehead atoms. The van der Waals surface area contributed by atoms with Gasteiger partial charge in [-0.05, 0) is 0 Å². The van der Waals surface area contributed by atoms with Gasteiger partial charge in [0, 0.05) is 0 Å². The maximum atomic E-state index is 8.81. The summed E-state index contributed by atoms with van der Waals surface area (Å²) in [4.78, 5) is 0. The Morgan fingerprint density at radius 2 is 0.843 bits per heavy atom. The van der Waals surface area contributed by atoms with Gasteiger partial charge in [-0.2, -0.15) is 0 Å². The topological polar surface area (TPSA) is 0 Å².